The summed E-state index contributed by atoms with van der Waals surface area (Å²) in [6, 6.07) is 3.51. The zero-order chi connectivity index (χ0) is 19.8. The van der Waals surface area contributed by atoms with Gasteiger partial charge in [0.25, 0.3) is 0 Å². The van der Waals surface area contributed by atoms with E-state index in [-0.39, 0.29) is 11.9 Å². The molecule has 6 nitrogen and oxygen atoms in total. The lowest BCUT2D eigenvalue weighted by Crippen LogP contribution is -2.53. The van der Waals surface area contributed by atoms with Gasteiger partial charge >= 0.3 is 0 Å². The van der Waals surface area contributed by atoms with Crippen molar-refractivity contribution in [3.05, 3.63) is 28.8 Å². The molecule has 1 aromatic rings. The number of carbonyl (C=O) groups excluding carboxylic acids is 1. The average Bonchev–Trinajstić information content (AvgIpc) is 3.10. The maximum Gasteiger partial charge on any atom is 0.244 e. The number of likely N-dealkylation sites (N-methyl/N-ethyl adjacent to an activating group) is 1. The zero-order valence-electron chi connectivity index (χ0n) is 16.8. The normalized spacial score (nSPS) is 24.4. The summed E-state index contributed by atoms with van der Waals surface area (Å²) in [7, 11) is -1.79. The third-order valence-electron chi connectivity index (χ3n) is 5.80. The number of aryl methyl sites for hydroxylation is 3. The molecular formula is C20H31N3O3S. The van der Waals surface area contributed by atoms with Gasteiger partial charge in [-0.25, -0.2) is 8.42 Å². The number of benzene rings is 1. The van der Waals surface area contributed by atoms with E-state index in [1.807, 2.05) is 44.9 Å². The van der Waals surface area contributed by atoms with E-state index in [9.17, 15) is 13.2 Å². The second-order valence-corrected chi connectivity index (χ2v) is 9.74. The lowest BCUT2D eigenvalue weighted by molar-refractivity contribution is -0.136. The third kappa shape index (κ3) is 3.91. The second-order valence-electron chi connectivity index (χ2n) is 7.91. The molecular weight excluding hydrogens is 362 g/mol. The van der Waals surface area contributed by atoms with E-state index in [1.165, 1.54) is 4.31 Å². The highest BCUT2D eigenvalue weighted by Gasteiger charge is 2.42. The van der Waals surface area contributed by atoms with E-state index in [0.29, 0.717) is 31.0 Å². The van der Waals surface area contributed by atoms with E-state index in [2.05, 4.69) is 5.32 Å². The van der Waals surface area contributed by atoms with Crippen molar-refractivity contribution < 1.29 is 13.2 Å². The first-order valence-corrected chi connectivity index (χ1v) is 11.3. The molecule has 0 bridgehead atoms. The lowest BCUT2D eigenvalue weighted by atomic mass is 10.0. The number of amides is 1. The summed E-state index contributed by atoms with van der Waals surface area (Å²) >= 11 is 0. The van der Waals surface area contributed by atoms with Crippen LogP contribution in [-0.2, 0) is 14.8 Å². The van der Waals surface area contributed by atoms with Gasteiger partial charge in [-0.05, 0) is 64.6 Å². The Labute approximate surface area is 163 Å². The number of hydrogen-bond acceptors (Lipinski definition) is 4. The third-order valence-corrected chi connectivity index (χ3v) is 8.02. The fraction of sp³-hybridized carbons (Fsp3) is 0.650. The van der Waals surface area contributed by atoms with Crippen LogP contribution < -0.4 is 5.32 Å². The standard InChI is InChI=1S/C20H31N3O3S/c1-14-11-15(2)19(16(3)12-14)27(25,26)23-10-6-8-18(23)20(24)22-9-5-7-17(13-22)21-4/h11-12,17-18,21H,5-10,13H2,1-4H3. The van der Waals surface area contributed by atoms with Crippen LogP contribution in [0.1, 0.15) is 42.4 Å². The first kappa shape index (κ1) is 20.3. The summed E-state index contributed by atoms with van der Waals surface area (Å²) in [5, 5.41) is 3.24. The quantitative estimate of drug-likeness (QED) is 0.849. The van der Waals surface area contributed by atoms with Gasteiger partial charge in [0.2, 0.25) is 15.9 Å². The Morgan fingerprint density at radius 1 is 1.07 bits per heavy atom. The zero-order valence-corrected chi connectivity index (χ0v) is 17.6. The van der Waals surface area contributed by atoms with Gasteiger partial charge in [-0.1, -0.05) is 17.7 Å². The SMILES string of the molecule is CNC1CCCN(C(=O)C2CCCN2S(=O)(=O)c2c(C)cc(C)cc2C)C1. The molecule has 150 valence electrons. The number of piperidine rings is 1. The van der Waals surface area contributed by atoms with Gasteiger partial charge < -0.3 is 10.2 Å². The molecule has 7 heteroatoms. The van der Waals surface area contributed by atoms with Gasteiger partial charge in [-0.3, -0.25) is 4.79 Å². The molecule has 2 aliphatic heterocycles. The number of carbonyl (C=O) groups is 1. The Balaban J connectivity index is 1.88. The molecule has 0 aliphatic carbocycles. The monoisotopic (exact) mass is 393 g/mol. The van der Waals surface area contributed by atoms with Crippen molar-refractivity contribution >= 4 is 15.9 Å². The van der Waals surface area contributed by atoms with Crippen LogP contribution in [0.15, 0.2) is 17.0 Å². The van der Waals surface area contributed by atoms with E-state index in [4.69, 9.17) is 0 Å². The fourth-order valence-corrected chi connectivity index (χ4v) is 6.66. The molecule has 0 radical (unpaired) electrons. The van der Waals surface area contributed by atoms with Crippen molar-refractivity contribution in [1.82, 2.24) is 14.5 Å². The molecule has 2 heterocycles. The number of nitrogens with zero attached hydrogens (tertiary/aromatic N) is 2. The summed E-state index contributed by atoms with van der Waals surface area (Å²) in [6.45, 7) is 7.41. The minimum atomic E-state index is -3.70. The first-order chi connectivity index (χ1) is 12.8. The van der Waals surface area contributed by atoms with E-state index >= 15 is 0 Å². The van der Waals surface area contributed by atoms with Crippen molar-refractivity contribution in [3.63, 3.8) is 0 Å². The van der Waals surface area contributed by atoms with Crippen molar-refractivity contribution in [2.24, 2.45) is 0 Å². The van der Waals surface area contributed by atoms with Crippen molar-refractivity contribution in [2.75, 3.05) is 26.7 Å². The topological polar surface area (TPSA) is 69.7 Å². The minimum Gasteiger partial charge on any atom is -0.340 e. The van der Waals surface area contributed by atoms with Gasteiger partial charge in [0.05, 0.1) is 4.90 Å². The molecule has 2 aliphatic rings. The molecule has 0 spiro atoms. The Morgan fingerprint density at radius 3 is 2.33 bits per heavy atom. The van der Waals surface area contributed by atoms with Gasteiger partial charge in [-0.2, -0.15) is 4.31 Å². The molecule has 2 atom stereocenters. The Kier molecular flexibility index (Phi) is 5.93. The van der Waals surface area contributed by atoms with Crippen LogP contribution >= 0.6 is 0 Å². The van der Waals surface area contributed by atoms with Gasteiger partial charge in [-0.15, -0.1) is 0 Å². The fourth-order valence-electron chi connectivity index (χ4n) is 4.59. The number of sulfonamides is 1. The highest BCUT2D eigenvalue weighted by molar-refractivity contribution is 7.89. The van der Waals surface area contributed by atoms with Crippen molar-refractivity contribution in [1.29, 1.82) is 0 Å². The Morgan fingerprint density at radius 2 is 1.70 bits per heavy atom. The van der Waals surface area contributed by atoms with Crippen LogP contribution in [0.2, 0.25) is 0 Å². The minimum absolute atomic E-state index is 0.0431. The highest BCUT2D eigenvalue weighted by Crippen LogP contribution is 2.31. The highest BCUT2D eigenvalue weighted by atomic mass is 32.2. The van der Waals surface area contributed by atoms with Gasteiger partial charge in [0.15, 0.2) is 0 Å². The smallest absolute Gasteiger partial charge is 0.244 e. The molecule has 2 fully saturated rings. The average molecular weight is 394 g/mol. The van der Waals surface area contributed by atoms with Gasteiger partial charge in [0, 0.05) is 25.7 Å². The number of likely N-dealkylation sites (tertiary alicyclic amines) is 1. The van der Waals surface area contributed by atoms with Crippen LogP contribution in [0.5, 0.6) is 0 Å². The molecule has 1 amide bonds. The molecule has 1 aromatic carbocycles. The molecule has 2 unspecified atom stereocenters. The summed E-state index contributed by atoms with van der Waals surface area (Å²) in [4.78, 5) is 15.4. The summed E-state index contributed by atoms with van der Waals surface area (Å²) in [6.07, 6.45) is 3.33. The van der Waals surface area contributed by atoms with Crippen LogP contribution in [-0.4, -0.2) is 62.3 Å². The maximum absolute atomic E-state index is 13.4. The van der Waals surface area contributed by atoms with Crippen LogP contribution in [0.4, 0.5) is 0 Å². The molecule has 1 N–H and O–H groups in total. The van der Waals surface area contributed by atoms with E-state index in [0.717, 1.165) is 36.0 Å². The lowest BCUT2D eigenvalue weighted by Gasteiger charge is -2.36. The maximum atomic E-state index is 13.4. The van der Waals surface area contributed by atoms with Crippen LogP contribution in [0.3, 0.4) is 0 Å². The summed E-state index contributed by atoms with van der Waals surface area (Å²) in [5.41, 5.74) is 2.54. The van der Waals surface area contributed by atoms with Crippen molar-refractivity contribution in [3.8, 4) is 0 Å². The number of rotatable bonds is 4. The first-order valence-electron chi connectivity index (χ1n) is 9.81. The van der Waals surface area contributed by atoms with Crippen molar-refractivity contribution in [2.45, 2.75) is 63.4 Å². The summed E-state index contributed by atoms with van der Waals surface area (Å²) < 4.78 is 28.3. The van der Waals surface area contributed by atoms with Crippen LogP contribution in [0.25, 0.3) is 0 Å². The predicted molar refractivity (Wildman–Crippen MR) is 106 cm³/mol. The Hall–Kier alpha value is -1.44. The van der Waals surface area contributed by atoms with E-state index < -0.39 is 16.1 Å². The Bertz CT molecular complexity index is 799. The molecule has 0 aromatic heterocycles. The largest absolute Gasteiger partial charge is 0.340 e. The molecule has 2 saturated heterocycles. The summed E-state index contributed by atoms with van der Waals surface area (Å²) in [5.74, 6) is -0.0431. The predicted octanol–water partition coefficient (Wildman–Crippen LogP) is 1.98. The number of hydrogen-bond donors (Lipinski definition) is 1. The number of nitrogens with one attached hydrogen (secondary N) is 1. The van der Waals surface area contributed by atoms with E-state index in [1.54, 1.807) is 0 Å². The molecule has 27 heavy (non-hydrogen) atoms. The molecule has 3 rings (SSSR count). The van der Waals surface area contributed by atoms with Gasteiger partial charge in [0.1, 0.15) is 6.04 Å². The molecule has 0 saturated carbocycles. The second kappa shape index (κ2) is 7.89. The van der Waals surface area contributed by atoms with Crippen LogP contribution in [0, 0.1) is 20.8 Å².